The highest BCUT2D eigenvalue weighted by Gasteiger charge is 2.25. The van der Waals surface area contributed by atoms with E-state index in [0.29, 0.717) is 6.04 Å². The van der Waals surface area contributed by atoms with Gasteiger partial charge in [0, 0.05) is 36.9 Å². The number of anilines is 1. The van der Waals surface area contributed by atoms with E-state index in [-0.39, 0.29) is 6.04 Å². The summed E-state index contributed by atoms with van der Waals surface area (Å²) in [5.74, 6) is 2.78. The van der Waals surface area contributed by atoms with Crippen molar-refractivity contribution in [2.45, 2.75) is 25.4 Å². The third kappa shape index (κ3) is 3.62. The van der Waals surface area contributed by atoms with E-state index in [1.807, 2.05) is 36.5 Å². The summed E-state index contributed by atoms with van der Waals surface area (Å²) in [6.45, 7) is 4.16. The van der Waals surface area contributed by atoms with E-state index in [2.05, 4.69) is 28.2 Å². The molecule has 1 aromatic carbocycles. The van der Waals surface area contributed by atoms with Gasteiger partial charge in [-0.1, -0.05) is 6.07 Å². The first-order valence-corrected chi connectivity index (χ1v) is 8.35. The smallest absolute Gasteiger partial charge is 0.128 e. The molecule has 0 amide bonds. The summed E-state index contributed by atoms with van der Waals surface area (Å²) in [7, 11) is 3.39. The highest BCUT2D eigenvalue weighted by Crippen LogP contribution is 2.30. The first-order valence-electron chi connectivity index (χ1n) is 8.35. The Labute approximate surface area is 143 Å². The van der Waals surface area contributed by atoms with Crippen LogP contribution < -0.4 is 19.7 Å². The van der Waals surface area contributed by atoms with Crippen LogP contribution in [0, 0.1) is 0 Å². The van der Waals surface area contributed by atoms with Crippen LogP contribution in [0.5, 0.6) is 11.5 Å². The highest BCUT2D eigenvalue weighted by atomic mass is 16.5. The first-order chi connectivity index (χ1) is 11.7. The van der Waals surface area contributed by atoms with Crippen LogP contribution in [-0.4, -0.2) is 38.3 Å². The standard InChI is InChI=1S/C19H25N3O2/c1-14(17-12-16(23-2)7-8-18(17)24-3)21-15-9-11-22(13-15)19-6-4-5-10-20-19/h4-8,10,12,14-15,21H,9,11,13H2,1-3H3. The molecule has 2 aromatic rings. The molecule has 5 heteroatoms. The maximum atomic E-state index is 5.50. The zero-order chi connectivity index (χ0) is 16.9. The molecular formula is C19H25N3O2. The molecule has 1 aromatic heterocycles. The summed E-state index contributed by atoms with van der Waals surface area (Å²) < 4.78 is 10.9. The second-order valence-corrected chi connectivity index (χ2v) is 6.12. The average Bonchev–Trinajstić information content (AvgIpc) is 3.10. The van der Waals surface area contributed by atoms with Crippen LogP contribution >= 0.6 is 0 Å². The fourth-order valence-electron chi connectivity index (χ4n) is 3.27. The van der Waals surface area contributed by atoms with E-state index in [1.165, 1.54) is 0 Å². The predicted octanol–water partition coefficient (Wildman–Crippen LogP) is 3.03. The number of pyridine rings is 1. The summed E-state index contributed by atoms with van der Waals surface area (Å²) >= 11 is 0. The second-order valence-electron chi connectivity index (χ2n) is 6.12. The number of hydrogen-bond acceptors (Lipinski definition) is 5. The van der Waals surface area contributed by atoms with Gasteiger partial charge in [-0.25, -0.2) is 4.98 Å². The zero-order valence-corrected chi connectivity index (χ0v) is 14.5. The van der Waals surface area contributed by atoms with Gasteiger partial charge < -0.3 is 19.7 Å². The van der Waals surface area contributed by atoms with Crippen LogP contribution in [0.2, 0.25) is 0 Å². The van der Waals surface area contributed by atoms with Crippen molar-refractivity contribution in [2.24, 2.45) is 0 Å². The maximum Gasteiger partial charge on any atom is 0.128 e. The quantitative estimate of drug-likeness (QED) is 0.884. The fraction of sp³-hybridized carbons (Fsp3) is 0.421. The van der Waals surface area contributed by atoms with E-state index >= 15 is 0 Å². The van der Waals surface area contributed by atoms with Gasteiger partial charge in [0.25, 0.3) is 0 Å². The lowest BCUT2D eigenvalue weighted by Crippen LogP contribution is -2.34. The van der Waals surface area contributed by atoms with Crippen LogP contribution in [0.1, 0.15) is 24.9 Å². The number of benzene rings is 1. The molecule has 2 heterocycles. The molecule has 0 spiro atoms. The minimum atomic E-state index is 0.184. The van der Waals surface area contributed by atoms with Gasteiger partial charge in [0.05, 0.1) is 14.2 Å². The molecule has 0 radical (unpaired) electrons. The van der Waals surface area contributed by atoms with Gasteiger partial charge in [-0.2, -0.15) is 0 Å². The molecule has 1 aliphatic heterocycles. The number of nitrogens with one attached hydrogen (secondary N) is 1. The number of ether oxygens (including phenoxy) is 2. The van der Waals surface area contributed by atoms with Gasteiger partial charge in [0.2, 0.25) is 0 Å². The van der Waals surface area contributed by atoms with Gasteiger partial charge in [-0.15, -0.1) is 0 Å². The van der Waals surface area contributed by atoms with Crippen molar-refractivity contribution in [3.8, 4) is 11.5 Å². The minimum Gasteiger partial charge on any atom is -0.497 e. The number of nitrogens with zero attached hydrogens (tertiary/aromatic N) is 2. The minimum absolute atomic E-state index is 0.184. The van der Waals surface area contributed by atoms with Crippen LogP contribution in [0.3, 0.4) is 0 Å². The Balaban J connectivity index is 1.66. The Morgan fingerprint density at radius 2 is 2.08 bits per heavy atom. The van der Waals surface area contributed by atoms with Gasteiger partial charge in [0.15, 0.2) is 0 Å². The van der Waals surface area contributed by atoms with Crippen LogP contribution in [0.4, 0.5) is 5.82 Å². The SMILES string of the molecule is COc1ccc(OC)c(C(C)NC2CCN(c3ccccn3)C2)c1. The Morgan fingerprint density at radius 3 is 2.79 bits per heavy atom. The van der Waals surface area contributed by atoms with Crippen LogP contribution in [0.15, 0.2) is 42.6 Å². The number of methoxy groups -OCH3 is 2. The van der Waals surface area contributed by atoms with Crippen molar-refractivity contribution < 1.29 is 9.47 Å². The third-order valence-electron chi connectivity index (χ3n) is 4.55. The molecule has 24 heavy (non-hydrogen) atoms. The lowest BCUT2D eigenvalue weighted by Gasteiger charge is -2.23. The molecule has 1 fully saturated rings. The first kappa shape index (κ1) is 16.6. The Morgan fingerprint density at radius 1 is 1.21 bits per heavy atom. The molecular weight excluding hydrogens is 302 g/mol. The van der Waals surface area contributed by atoms with Crippen molar-refractivity contribution in [3.63, 3.8) is 0 Å². The average molecular weight is 327 g/mol. The van der Waals surface area contributed by atoms with Crippen LogP contribution in [-0.2, 0) is 0 Å². The fourth-order valence-corrected chi connectivity index (χ4v) is 3.27. The Hall–Kier alpha value is -2.27. The van der Waals surface area contributed by atoms with E-state index in [4.69, 9.17) is 9.47 Å². The molecule has 0 bridgehead atoms. The zero-order valence-electron chi connectivity index (χ0n) is 14.5. The maximum absolute atomic E-state index is 5.50. The Bertz CT molecular complexity index is 663. The Kier molecular flexibility index (Phi) is 5.20. The number of aromatic nitrogens is 1. The van der Waals surface area contributed by atoms with E-state index in [9.17, 15) is 0 Å². The van der Waals surface area contributed by atoms with Crippen molar-refractivity contribution in [3.05, 3.63) is 48.2 Å². The highest BCUT2D eigenvalue weighted by molar-refractivity contribution is 5.43. The van der Waals surface area contributed by atoms with Gasteiger partial charge in [-0.05, 0) is 43.7 Å². The predicted molar refractivity (Wildman–Crippen MR) is 96.0 cm³/mol. The second kappa shape index (κ2) is 7.53. The molecule has 0 saturated carbocycles. The van der Waals surface area contributed by atoms with E-state index in [1.54, 1.807) is 14.2 Å². The topological polar surface area (TPSA) is 46.6 Å². The molecule has 3 rings (SSSR count). The van der Waals surface area contributed by atoms with E-state index in [0.717, 1.165) is 42.4 Å². The van der Waals surface area contributed by atoms with E-state index < -0.39 is 0 Å². The lowest BCUT2D eigenvalue weighted by molar-refractivity contribution is 0.386. The molecule has 2 unspecified atom stereocenters. The van der Waals surface area contributed by atoms with Crippen molar-refractivity contribution in [1.29, 1.82) is 0 Å². The monoisotopic (exact) mass is 327 g/mol. The van der Waals surface area contributed by atoms with Gasteiger partial charge in [0.1, 0.15) is 17.3 Å². The molecule has 5 nitrogen and oxygen atoms in total. The van der Waals surface area contributed by atoms with Gasteiger partial charge in [-0.3, -0.25) is 0 Å². The van der Waals surface area contributed by atoms with Crippen molar-refractivity contribution >= 4 is 5.82 Å². The summed E-state index contributed by atoms with van der Waals surface area (Å²) in [5.41, 5.74) is 1.12. The molecule has 2 atom stereocenters. The summed E-state index contributed by atoms with van der Waals surface area (Å²) in [5, 5.41) is 3.72. The molecule has 1 saturated heterocycles. The summed E-state index contributed by atoms with van der Waals surface area (Å²) in [6, 6.07) is 12.6. The van der Waals surface area contributed by atoms with Gasteiger partial charge >= 0.3 is 0 Å². The lowest BCUT2D eigenvalue weighted by atomic mass is 10.1. The molecule has 1 aliphatic rings. The third-order valence-corrected chi connectivity index (χ3v) is 4.55. The van der Waals surface area contributed by atoms with Crippen LogP contribution in [0.25, 0.3) is 0 Å². The summed E-state index contributed by atoms with van der Waals surface area (Å²) in [6.07, 6.45) is 2.95. The normalized spacial score (nSPS) is 18.5. The van der Waals surface area contributed by atoms with Crippen molar-refractivity contribution in [1.82, 2.24) is 10.3 Å². The van der Waals surface area contributed by atoms with Crippen molar-refractivity contribution in [2.75, 3.05) is 32.2 Å². The molecule has 1 N–H and O–H groups in total. The molecule has 128 valence electrons. The largest absolute Gasteiger partial charge is 0.497 e. The number of rotatable bonds is 6. The summed E-state index contributed by atoms with van der Waals surface area (Å²) in [4.78, 5) is 6.77. The molecule has 0 aliphatic carbocycles. The number of hydrogen-bond donors (Lipinski definition) is 1.